The molecule has 2 unspecified atom stereocenters. The highest BCUT2D eigenvalue weighted by molar-refractivity contribution is 5.82. The van der Waals surface area contributed by atoms with Gasteiger partial charge in [0.05, 0.1) is 6.54 Å². The van der Waals surface area contributed by atoms with E-state index in [0.29, 0.717) is 18.1 Å². The van der Waals surface area contributed by atoms with Crippen LogP contribution < -0.4 is 11.1 Å². The fourth-order valence-electron chi connectivity index (χ4n) is 3.12. The first-order chi connectivity index (χ1) is 6.84. The molecular weight excluding hydrogens is 176 g/mol. The molecule has 2 fully saturated rings. The number of aliphatic imine (C=N–C) groups is 1. The van der Waals surface area contributed by atoms with Crippen LogP contribution in [0.25, 0.3) is 0 Å². The molecule has 3 aliphatic heterocycles. The number of piperidine rings is 1. The Balaban J connectivity index is 1.81. The van der Waals surface area contributed by atoms with Gasteiger partial charge in [-0.2, -0.15) is 0 Å². The van der Waals surface area contributed by atoms with Crippen molar-refractivity contribution in [3.8, 4) is 0 Å². The predicted molar refractivity (Wildman–Crippen MR) is 56.2 cm³/mol. The topological polar surface area (TPSA) is 53.6 Å². The van der Waals surface area contributed by atoms with Crippen molar-refractivity contribution < 1.29 is 0 Å². The molecule has 14 heavy (non-hydrogen) atoms. The van der Waals surface area contributed by atoms with Crippen LogP contribution in [-0.2, 0) is 0 Å². The van der Waals surface area contributed by atoms with Crippen LogP contribution in [0.1, 0.15) is 25.7 Å². The normalized spacial score (nSPS) is 41.1. The average molecular weight is 194 g/mol. The second kappa shape index (κ2) is 3.12. The number of hydrogen-bond donors (Lipinski definition) is 2. The van der Waals surface area contributed by atoms with E-state index < -0.39 is 0 Å². The van der Waals surface area contributed by atoms with Gasteiger partial charge in [-0.3, -0.25) is 4.99 Å². The highest BCUT2D eigenvalue weighted by atomic mass is 15.4. The van der Waals surface area contributed by atoms with Crippen molar-refractivity contribution >= 4 is 5.96 Å². The maximum atomic E-state index is 6.03. The van der Waals surface area contributed by atoms with Crippen LogP contribution in [0.5, 0.6) is 0 Å². The molecule has 0 radical (unpaired) electrons. The van der Waals surface area contributed by atoms with E-state index in [1.165, 1.54) is 12.8 Å². The van der Waals surface area contributed by atoms with Crippen molar-refractivity contribution in [3.63, 3.8) is 0 Å². The first kappa shape index (κ1) is 8.53. The number of fused-ring (bicyclic) bond motifs is 2. The maximum absolute atomic E-state index is 6.03. The number of nitrogens with zero attached hydrogens (tertiary/aromatic N) is 2. The molecule has 2 saturated heterocycles. The van der Waals surface area contributed by atoms with Crippen molar-refractivity contribution in [2.24, 2.45) is 10.7 Å². The Hall–Kier alpha value is -0.770. The molecule has 0 amide bonds. The van der Waals surface area contributed by atoms with Gasteiger partial charge in [0.15, 0.2) is 5.96 Å². The highest BCUT2D eigenvalue weighted by Crippen LogP contribution is 2.35. The quantitative estimate of drug-likeness (QED) is 0.566. The van der Waals surface area contributed by atoms with Crippen LogP contribution in [-0.4, -0.2) is 42.1 Å². The average Bonchev–Trinajstić information content (AvgIpc) is 2.72. The molecule has 0 saturated carbocycles. The van der Waals surface area contributed by atoms with Crippen molar-refractivity contribution in [1.82, 2.24) is 10.2 Å². The van der Waals surface area contributed by atoms with E-state index >= 15 is 0 Å². The smallest absolute Gasteiger partial charge is 0.194 e. The molecule has 0 aromatic heterocycles. The molecule has 78 valence electrons. The van der Waals surface area contributed by atoms with Gasteiger partial charge in [-0.15, -0.1) is 0 Å². The van der Waals surface area contributed by atoms with Crippen molar-refractivity contribution in [3.05, 3.63) is 0 Å². The summed E-state index contributed by atoms with van der Waals surface area (Å²) in [5, 5.41) is 3.38. The monoisotopic (exact) mass is 194 g/mol. The highest BCUT2D eigenvalue weighted by Gasteiger charge is 2.41. The van der Waals surface area contributed by atoms with Gasteiger partial charge in [-0.05, 0) is 25.7 Å². The van der Waals surface area contributed by atoms with E-state index in [1.54, 1.807) is 0 Å². The Bertz CT molecular complexity index is 249. The van der Waals surface area contributed by atoms with Crippen LogP contribution in [0, 0.1) is 0 Å². The zero-order valence-corrected chi connectivity index (χ0v) is 8.45. The zero-order valence-electron chi connectivity index (χ0n) is 8.45. The van der Waals surface area contributed by atoms with E-state index in [9.17, 15) is 0 Å². The van der Waals surface area contributed by atoms with Crippen LogP contribution in [0.3, 0.4) is 0 Å². The standard InChI is InChI=1S/C10H18N4/c11-7-5-8-1-2-9(6-7)14(8)10-12-3-4-13-10/h7-9H,1-6,11H2,(H,12,13). The minimum atomic E-state index is 0.422. The molecule has 0 aliphatic carbocycles. The summed E-state index contributed by atoms with van der Waals surface area (Å²) >= 11 is 0. The third-order valence-corrected chi connectivity index (χ3v) is 3.67. The van der Waals surface area contributed by atoms with Crippen molar-refractivity contribution in [2.45, 2.75) is 43.8 Å². The number of guanidine groups is 1. The number of nitrogens with two attached hydrogens (primary N) is 1. The lowest BCUT2D eigenvalue weighted by molar-refractivity contribution is 0.211. The SMILES string of the molecule is NC1CC2CCC(C1)N2C1=NCCN1. The van der Waals surface area contributed by atoms with E-state index in [4.69, 9.17) is 5.73 Å². The second-order valence-electron chi connectivity index (χ2n) is 4.66. The summed E-state index contributed by atoms with van der Waals surface area (Å²) in [6, 6.07) is 1.74. The lowest BCUT2D eigenvalue weighted by Crippen LogP contribution is -2.53. The van der Waals surface area contributed by atoms with Crippen LogP contribution in [0.4, 0.5) is 0 Å². The Morgan fingerprint density at radius 2 is 2.00 bits per heavy atom. The molecular formula is C10H18N4. The van der Waals surface area contributed by atoms with Gasteiger partial charge >= 0.3 is 0 Å². The zero-order chi connectivity index (χ0) is 9.54. The molecule has 3 heterocycles. The molecule has 2 bridgehead atoms. The minimum Gasteiger partial charge on any atom is -0.354 e. The molecule has 3 N–H and O–H groups in total. The summed E-state index contributed by atoms with van der Waals surface area (Å²) in [5.41, 5.74) is 6.03. The largest absolute Gasteiger partial charge is 0.354 e. The molecule has 2 atom stereocenters. The van der Waals surface area contributed by atoms with Crippen LogP contribution in [0.15, 0.2) is 4.99 Å². The van der Waals surface area contributed by atoms with Gasteiger partial charge in [0, 0.05) is 24.7 Å². The van der Waals surface area contributed by atoms with Gasteiger partial charge in [-0.25, -0.2) is 0 Å². The van der Waals surface area contributed by atoms with Crippen molar-refractivity contribution in [2.75, 3.05) is 13.1 Å². The minimum absolute atomic E-state index is 0.422. The maximum Gasteiger partial charge on any atom is 0.194 e. The first-order valence-electron chi connectivity index (χ1n) is 5.67. The summed E-state index contributed by atoms with van der Waals surface area (Å²) in [6.07, 6.45) is 4.91. The predicted octanol–water partition coefficient (Wildman–Crippen LogP) is -0.100. The molecule has 4 heteroatoms. The molecule has 0 aromatic rings. The fourth-order valence-corrected chi connectivity index (χ4v) is 3.12. The summed E-state index contributed by atoms with van der Waals surface area (Å²) in [7, 11) is 0. The Kier molecular flexibility index (Phi) is 1.90. The lowest BCUT2D eigenvalue weighted by Gasteiger charge is -2.38. The van der Waals surface area contributed by atoms with E-state index in [0.717, 1.165) is 31.9 Å². The third kappa shape index (κ3) is 1.21. The van der Waals surface area contributed by atoms with Crippen molar-refractivity contribution in [1.29, 1.82) is 0 Å². The Morgan fingerprint density at radius 3 is 2.57 bits per heavy atom. The number of nitrogens with one attached hydrogen (secondary N) is 1. The molecule has 3 aliphatic rings. The molecule has 0 aromatic carbocycles. The van der Waals surface area contributed by atoms with Gasteiger partial charge < -0.3 is 16.0 Å². The van der Waals surface area contributed by atoms with Gasteiger partial charge in [0.2, 0.25) is 0 Å². The summed E-state index contributed by atoms with van der Waals surface area (Å²) in [6.45, 7) is 1.95. The molecule has 3 rings (SSSR count). The summed E-state index contributed by atoms with van der Waals surface area (Å²) in [5.74, 6) is 1.14. The van der Waals surface area contributed by atoms with Gasteiger partial charge in [0.1, 0.15) is 0 Å². The first-order valence-corrected chi connectivity index (χ1v) is 5.67. The Morgan fingerprint density at radius 1 is 1.29 bits per heavy atom. The van der Waals surface area contributed by atoms with E-state index in [2.05, 4.69) is 15.2 Å². The Labute approximate surface area is 84.6 Å². The van der Waals surface area contributed by atoms with Crippen LogP contribution in [0.2, 0.25) is 0 Å². The van der Waals surface area contributed by atoms with Gasteiger partial charge in [-0.1, -0.05) is 0 Å². The number of rotatable bonds is 0. The van der Waals surface area contributed by atoms with E-state index in [1.807, 2.05) is 0 Å². The third-order valence-electron chi connectivity index (χ3n) is 3.67. The lowest BCUT2D eigenvalue weighted by atomic mass is 9.99. The van der Waals surface area contributed by atoms with E-state index in [-0.39, 0.29) is 0 Å². The summed E-state index contributed by atoms with van der Waals surface area (Å²) < 4.78 is 0. The number of hydrogen-bond acceptors (Lipinski definition) is 4. The second-order valence-corrected chi connectivity index (χ2v) is 4.66. The van der Waals surface area contributed by atoms with Gasteiger partial charge in [0.25, 0.3) is 0 Å². The molecule has 0 spiro atoms. The van der Waals surface area contributed by atoms with Crippen LogP contribution >= 0.6 is 0 Å². The fraction of sp³-hybridized carbons (Fsp3) is 0.900. The molecule has 4 nitrogen and oxygen atoms in total. The summed E-state index contributed by atoms with van der Waals surface area (Å²) in [4.78, 5) is 7.01.